The lowest BCUT2D eigenvalue weighted by molar-refractivity contribution is -0.105. The van der Waals surface area contributed by atoms with Crippen molar-refractivity contribution in [2.45, 2.75) is 231 Å². The van der Waals surface area contributed by atoms with E-state index >= 15 is 0 Å². The molecule has 0 radical (unpaired) electrons. The van der Waals surface area contributed by atoms with E-state index in [9.17, 15) is 0 Å². The lowest BCUT2D eigenvalue weighted by Crippen LogP contribution is -2.46. The minimum Gasteiger partial charge on any atom is -0.493 e. The smallest absolute Gasteiger partial charge is 0.124 e. The van der Waals surface area contributed by atoms with E-state index in [2.05, 4.69) is 103 Å². The third kappa shape index (κ3) is 14.5. The first kappa shape index (κ1) is 62.3. The van der Waals surface area contributed by atoms with Crippen LogP contribution >= 0.6 is 0 Å². The average molecular weight is 1190 g/mol. The van der Waals surface area contributed by atoms with Gasteiger partial charge in [-0.05, 0) is 200 Å². The van der Waals surface area contributed by atoms with Crippen molar-refractivity contribution in [1.82, 2.24) is 15.0 Å². The Labute approximate surface area is 526 Å². The number of nitrogens with two attached hydrogens (primary N) is 1. The summed E-state index contributed by atoms with van der Waals surface area (Å²) in [5.41, 5.74) is 14.5. The van der Waals surface area contributed by atoms with Gasteiger partial charge in [-0.1, -0.05) is 130 Å². The minimum atomic E-state index is 0.112. The van der Waals surface area contributed by atoms with Gasteiger partial charge in [-0.15, -0.1) is 6.58 Å². The molecule has 3 aromatic heterocycles. The Bertz CT molecular complexity index is 2990. The van der Waals surface area contributed by atoms with Gasteiger partial charge in [0.1, 0.15) is 17.2 Å². The van der Waals surface area contributed by atoms with Gasteiger partial charge in [0, 0.05) is 89.8 Å². The fraction of sp³-hybridized carbons (Fsp3) is 0.551. The zero-order valence-electron chi connectivity index (χ0n) is 52.8. The lowest BCUT2D eigenvalue weighted by atomic mass is 9.67. The van der Waals surface area contributed by atoms with Crippen molar-refractivity contribution in [2.75, 3.05) is 39.6 Å². The van der Waals surface area contributed by atoms with Crippen molar-refractivity contribution in [3.05, 3.63) is 192 Å². The second-order valence-corrected chi connectivity index (χ2v) is 27.8. The zero-order chi connectivity index (χ0) is 60.0. The molecule has 2 N–H and O–H groups in total. The first-order chi connectivity index (χ1) is 43.2. The first-order valence-corrected chi connectivity index (χ1v) is 34.4. The first-order valence-electron chi connectivity index (χ1n) is 34.4. The van der Waals surface area contributed by atoms with Crippen molar-refractivity contribution in [2.24, 2.45) is 5.73 Å². The molecule has 88 heavy (non-hydrogen) atoms. The molecule has 10 nitrogen and oxygen atoms in total. The van der Waals surface area contributed by atoms with E-state index in [4.69, 9.17) is 44.1 Å². The topological polar surface area (TPSA) is 120 Å². The molecule has 6 aromatic rings. The van der Waals surface area contributed by atoms with E-state index in [0.717, 1.165) is 127 Å². The molecule has 0 bridgehead atoms. The van der Waals surface area contributed by atoms with Crippen LogP contribution in [0.1, 0.15) is 231 Å². The molecule has 6 atom stereocenters. The maximum absolute atomic E-state index is 6.40. The average Bonchev–Trinajstić information content (AvgIpc) is 2.05. The van der Waals surface area contributed by atoms with Gasteiger partial charge in [-0.25, -0.2) is 0 Å². The maximum atomic E-state index is 6.40. The molecule has 15 rings (SSSR count). The van der Waals surface area contributed by atoms with E-state index in [1.165, 1.54) is 144 Å². The third-order valence-electron chi connectivity index (χ3n) is 22.2. The Kier molecular flexibility index (Phi) is 20.5. The van der Waals surface area contributed by atoms with Gasteiger partial charge in [0.15, 0.2) is 0 Å². The number of nitrogens with zero attached hydrogens (tertiary/aromatic N) is 3. The Hall–Kier alpha value is -5.91. The summed E-state index contributed by atoms with van der Waals surface area (Å²) in [6.45, 7) is 9.06. The molecule has 3 spiro atoms. The molecule has 6 fully saturated rings. The molecule has 3 saturated heterocycles. The van der Waals surface area contributed by atoms with Crippen LogP contribution in [0.2, 0.25) is 0 Å². The molecule has 3 unspecified atom stereocenters. The Balaban J connectivity index is 0.000000120. The van der Waals surface area contributed by atoms with Gasteiger partial charge < -0.3 is 34.2 Å². The number of pyridine rings is 3. The summed E-state index contributed by atoms with van der Waals surface area (Å²) >= 11 is 0. The van der Waals surface area contributed by atoms with Crippen molar-refractivity contribution in [1.29, 1.82) is 0 Å². The van der Waals surface area contributed by atoms with Crippen LogP contribution in [-0.4, -0.2) is 71.4 Å². The summed E-state index contributed by atoms with van der Waals surface area (Å²) in [5.74, 6) is 4.40. The Morgan fingerprint density at radius 1 is 0.409 bits per heavy atom. The second-order valence-electron chi connectivity index (χ2n) is 27.8. The largest absolute Gasteiger partial charge is 0.493 e. The lowest BCUT2D eigenvalue weighted by Gasteiger charge is -2.46. The number of allylic oxidation sites excluding steroid dienone is 1. The predicted molar refractivity (Wildman–Crippen MR) is 351 cm³/mol. The van der Waals surface area contributed by atoms with Crippen LogP contribution in [0.25, 0.3) is 0 Å². The third-order valence-corrected chi connectivity index (χ3v) is 22.2. The highest BCUT2D eigenvalue weighted by atomic mass is 16.5. The van der Waals surface area contributed by atoms with Gasteiger partial charge in [-0.3, -0.25) is 15.0 Å². The van der Waals surface area contributed by atoms with E-state index in [1.54, 1.807) is 0 Å². The van der Waals surface area contributed by atoms with Crippen molar-refractivity contribution in [3.8, 4) is 17.2 Å². The summed E-state index contributed by atoms with van der Waals surface area (Å²) in [7, 11) is 0. The van der Waals surface area contributed by atoms with Crippen LogP contribution in [0.3, 0.4) is 0 Å². The number of aromatic nitrogens is 3. The van der Waals surface area contributed by atoms with Gasteiger partial charge in [-0.2, -0.15) is 0 Å². The van der Waals surface area contributed by atoms with Gasteiger partial charge in [0.25, 0.3) is 0 Å². The van der Waals surface area contributed by atoms with Crippen LogP contribution in [-0.2, 0) is 30.5 Å². The molecule has 3 aromatic carbocycles. The molecule has 10 heteroatoms. The quantitative estimate of drug-likeness (QED) is 0.112. The zero-order valence-corrected chi connectivity index (χ0v) is 52.8. The normalized spacial score (nSPS) is 27.6. The molecule has 0 amide bonds. The number of ether oxygens (including phenoxy) is 6. The van der Waals surface area contributed by atoms with Crippen molar-refractivity contribution in [3.63, 3.8) is 0 Å². The highest BCUT2D eigenvalue weighted by molar-refractivity contribution is 5.40. The van der Waals surface area contributed by atoms with Crippen LogP contribution < -0.4 is 19.9 Å². The monoisotopic (exact) mass is 1190 g/mol. The van der Waals surface area contributed by atoms with Gasteiger partial charge in [0.2, 0.25) is 0 Å². The summed E-state index contributed by atoms with van der Waals surface area (Å²) in [6, 6.07) is 44.6. The van der Waals surface area contributed by atoms with Crippen LogP contribution in [0.4, 0.5) is 0 Å². The molecule has 468 valence electrons. The molecule has 9 heterocycles. The van der Waals surface area contributed by atoms with E-state index < -0.39 is 0 Å². The van der Waals surface area contributed by atoms with Crippen molar-refractivity contribution < 1.29 is 28.4 Å². The summed E-state index contributed by atoms with van der Waals surface area (Å²) in [6.07, 6.45) is 41.5. The summed E-state index contributed by atoms with van der Waals surface area (Å²) < 4.78 is 36.2. The molecule has 3 saturated carbocycles. The van der Waals surface area contributed by atoms with E-state index in [1.807, 2.05) is 61.1 Å². The summed E-state index contributed by atoms with van der Waals surface area (Å²) in [4.78, 5) is 14.4. The number of rotatable bonds is 13. The van der Waals surface area contributed by atoms with Crippen LogP contribution in [0, 0.1) is 0 Å². The predicted octanol–water partition coefficient (Wildman–Crippen LogP) is 17.8. The highest BCUT2D eigenvalue weighted by Gasteiger charge is 2.51. The number of hydrogen-bond donors (Lipinski definition) is 1. The minimum absolute atomic E-state index is 0.112. The van der Waals surface area contributed by atoms with Gasteiger partial charge in [0.05, 0.1) is 36.6 Å². The number of fused-ring (bicyclic) bond motifs is 3. The number of hydrogen-bond acceptors (Lipinski definition) is 10. The fourth-order valence-electron chi connectivity index (χ4n) is 17.8. The van der Waals surface area contributed by atoms with E-state index in [0.29, 0.717) is 11.8 Å². The van der Waals surface area contributed by atoms with E-state index in [-0.39, 0.29) is 39.1 Å². The Morgan fingerprint density at radius 3 is 1.16 bits per heavy atom. The maximum Gasteiger partial charge on any atom is 0.124 e. The van der Waals surface area contributed by atoms with Crippen LogP contribution in [0.5, 0.6) is 17.2 Å². The molecular formula is C78H100N4O6. The standard InChI is InChI=1S/2C26H33NO2.C17H23NO.C9H11NO/c2*1-2-10-23-22(9-1)21(12-18-28-23)8-7-13-25(24-11-3-6-17-27-24)16-19-29-26(20-25)14-4-5-15-26;1-2-8-16(15-7-3-6-12-18-15)11-13-19-17(14-16)9-4-5-10-17;10-8-5-6-11-9-4-2-1-3-7(8)9/h2*1-3,6,9-11,17,21H,4-5,7-8,12-16,18-20H2;2-3,6-7,12H,1,4-5,8-11,13-14H2;1-4,8H,5-6,10H2/t2*21?,25-;16-;/m111./s1. The second kappa shape index (κ2) is 28.9. The molecular weight excluding hydrogens is 1090 g/mol. The molecule has 6 aliphatic heterocycles. The Morgan fingerprint density at radius 2 is 0.761 bits per heavy atom. The SMILES string of the molecule is C=CC[C@@]1(c2ccccn2)CCOC2(CCCC2)C1.NC1CCOc2ccccc21.c1ccc([C@]2(CCCC3CCOc4ccccc43)CCOC3(CCCC3)C2)nc1.c1ccc([C@]2(CCCC3CCOc4ccccc43)CCOC3(CCCC3)C2)nc1. The molecule has 3 aliphatic carbocycles. The van der Waals surface area contributed by atoms with Gasteiger partial charge >= 0.3 is 0 Å². The van der Waals surface area contributed by atoms with Crippen molar-refractivity contribution >= 4 is 0 Å². The highest BCUT2D eigenvalue weighted by Crippen LogP contribution is 2.54. The summed E-state index contributed by atoms with van der Waals surface area (Å²) in [5, 5.41) is 0. The fourth-order valence-corrected chi connectivity index (χ4v) is 17.8. The van der Waals surface area contributed by atoms with Crippen LogP contribution in [0.15, 0.2) is 159 Å². The number of para-hydroxylation sites is 3. The molecule has 9 aliphatic rings. The number of benzene rings is 3.